The van der Waals surface area contributed by atoms with Gasteiger partial charge in [-0.15, -0.1) is 0 Å². The fourth-order valence-corrected chi connectivity index (χ4v) is 1.57. The van der Waals surface area contributed by atoms with Gasteiger partial charge in [0, 0.05) is 17.1 Å². The van der Waals surface area contributed by atoms with Crippen molar-refractivity contribution in [1.82, 2.24) is 4.98 Å². The number of aromatic amines is 1. The Balaban J connectivity index is 0.000000461. The highest BCUT2D eigenvalue weighted by atomic mass is 14.7. The molecular formula is C13H19N. The lowest BCUT2D eigenvalue weighted by atomic mass is 10.0. The second-order valence-electron chi connectivity index (χ2n) is 3.44. The Morgan fingerprint density at radius 3 is 2.36 bits per heavy atom. The molecule has 1 aromatic heterocycles. The maximum absolute atomic E-state index is 3.27. The first kappa shape index (κ1) is 10.8. The minimum absolute atomic E-state index is 0.598. The number of hydrogen-bond donors (Lipinski definition) is 1. The summed E-state index contributed by atoms with van der Waals surface area (Å²) < 4.78 is 0. The van der Waals surface area contributed by atoms with E-state index in [1.807, 2.05) is 13.8 Å². The molecule has 1 aromatic carbocycles. The van der Waals surface area contributed by atoms with Crippen molar-refractivity contribution in [3.05, 3.63) is 36.0 Å². The van der Waals surface area contributed by atoms with E-state index in [1.54, 1.807) is 0 Å². The molecule has 14 heavy (non-hydrogen) atoms. The van der Waals surface area contributed by atoms with Gasteiger partial charge in [0.25, 0.3) is 0 Å². The van der Waals surface area contributed by atoms with E-state index in [2.05, 4.69) is 49.3 Å². The monoisotopic (exact) mass is 189 g/mol. The Labute approximate surface area is 86.2 Å². The second kappa shape index (κ2) is 4.85. The quantitative estimate of drug-likeness (QED) is 0.687. The largest absolute Gasteiger partial charge is 0.361 e. The average molecular weight is 189 g/mol. The van der Waals surface area contributed by atoms with Crippen LogP contribution in [0.25, 0.3) is 10.9 Å². The Morgan fingerprint density at radius 1 is 1.07 bits per heavy atom. The molecule has 0 radical (unpaired) electrons. The highest BCUT2D eigenvalue weighted by Crippen LogP contribution is 2.24. The molecule has 2 rings (SSSR count). The summed E-state index contributed by atoms with van der Waals surface area (Å²) in [6.45, 7) is 8.44. The molecule has 76 valence electrons. The van der Waals surface area contributed by atoms with Crippen LogP contribution in [0.5, 0.6) is 0 Å². The number of hydrogen-bond acceptors (Lipinski definition) is 0. The first-order valence-electron chi connectivity index (χ1n) is 5.35. The molecule has 1 N–H and O–H groups in total. The molecule has 0 aliphatic rings. The van der Waals surface area contributed by atoms with Crippen LogP contribution in [-0.2, 0) is 0 Å². The third-order valence-electron chi connectivity index (χ3n) is 2.24. The third kappa shape index (κ3) is 1.98. The summed E-state index contributed by atoms with van der Waals surface area (Å²) in [5.41, 5.74) is 2.65. The van der Waals surface area contributed by atoms with Gasteiger partial charge >= 0.3 is 0 Å². The molecule has 1 nitrogen and oxygen atoms in total. The van der Waals surface area contributed by atoms with Gasteiger partial charge in [0.2, 0.25) is 0 Å². The number of benzene rings is 1. The van der Waals surface area contributed by atoms with E-state index < -0.39 is 0 Å². The van der Waals surface area contributed by atoms with Crippen molar-refractivity contribution in [2.75, 3.05) is 0 Å². The van der Waals surface area contributed by atoms with Gasteiger partial charge in [0.1, 0.15) is 0 Å². The lowest BCUT2D eigenvalue weighted by Gasteiger charge is -2.00. The molecule has 1 heterocycles. The van der Waals surface area contributed by atoms with Crippen molar-refractivity contribution in [3.8, 4) is 0 Å². The lowest BCUT2D eigenvalue weighted by molar-refractivity contribution is 0.875. The molecule has 0 saturated carbocycles. The molecule has 0 aliphatic carbocycles. The topological polar surface area (TPSA) is 15.8 Å². The molecule has 0 amide bonds. The van der Waals surface area contributed by atoms with Gasteiger partial charge in [0.05, 0.1) is 0 Å². The highest BCUT2D eigenvalue weighted by molar-refractivity contribution is 5.83. The van der Waals surface area contributed by atoms with Crippen LogP contribution in [-0.4, -0.2) is 4.98 Å². The minimum Gasteiger partial charge on any atom is -0.361 e. The molecule has 0 spiro atoms. The first-order chi connectivity index (χ1) is 6.79. The van der Waals surface area contributed by atoms with Crippen LogP contribution >= 0.6 is 0 Å². The number of aromatic nitrogens is 1. The zero-order valence-corrected chi connectivity index (χ0v) is 9.46. The van der Waals surface area contributed by atoms with Crippen LogP contribution in [0.1, 0.15) is 39.2 Å². The molecule has 0 saturated heterocycles. The van der Waals surface area contributed by atoms with Crippen molar-refractivity contribution in [1.29, 1.82) is 0 Å². The van der Waals surface area contributed by atoms with Gasteiger partial charge in [-0.05, 0) is 17.5 Å². The van der Waals surface area contributed by atoms with E-state index in [1.165, 1.54) is 16.5 Å². The standard InChI is InChI=1S/C11H13N.C2H6/c1-8(2)10-7-12-11-6-4-3-5-9(10)11;1-2/h3-8,12H,1-2H3;1-2H3. The van der Waals surface area contributed by atoms with E-state index >= 15 is 0 Å². The molecule has 1 heteroatoms. The van der Waals surface area contributed by atoms with Crippen molar-refractivity contribution >= 4 is 10.9 Å². The Morgan fingerprint density at radius 2 is 1.71 bits per heavy atom. The van der Waals surface area contributed by atoms with Crippen LogP contribution in [0.2, 0.25) is 0 Å². The molecule has 2 aromatic rings. The Bertz CT molecular complexity index is 385. The smallest absolute Gasteiger partial charge is 0.0456 e. The van der Waals surface area contributed by atoms with E-state index in [0.29, 0.717) is 5.92 Å². The Hall–Kier alpha value is -1.24. The summed E-state index contributed by atoms with van der Waals surface area (Å²) in [5, 5.41) is 1.35. The van der Waals surface area contributed by atoms with Crippen LogP contribution in [0, 0.1) is 0 Å². The van der Waals surface area contributed by atoms with Crippen LogP contribution < -0.4 is 0 Å². The van der Waals surface area contributed by atoms with E-state index in [-0.39, 0.29) is 0 Å². The fourth-order valence-electron chi connectivity index (χ4n) is 1.57. The molecule has 0 aliphatic heterocycles. The van der Waals surface area contributed by atoms with Gasteiger partial charge in [-0.25, -0.2) is 0 Å². The third-order valence-corrected chi connectivity index (χ3v) is 2.24. The molecule has 0 atom stereocenters. The maximum Gasteiger partial charge on any atom is 0.0456 e. The van der Waals surface area contributed by atoms with Crippen LogP contribution in [0.4, 0.5) is 0 Å². The highest BCUT2D eigenvalue weighted by Gasteiger charge is 2.04. The van der Waals surface area contributed by atoms with Crippen LogP contribution in [0.3, 0.4) is 0 Å². The molecular weight excluding hydrogens is 170 g/mol. The number of para-hydroxylation sites is 1. The number of rotatable bonds is 1. The van der Waals surface area contributed by atoms with Gasteiger partial charge in [-0.2, -0.15) is 0 Å². The summed E-state index contributed by atoms with van der Waals surface area (Å²) in [6.07, 6.45) is 2.11. The van der Waals surface area contributed by atoms with E-state index in [4.69, 9.17) is 0 Å². The van der Waals surface area contributed by atoms with Crippen molar-refractivity contribution in [3.63, 3.8) is 0 Å². The Kier molecular flexibility index (Phi) is 3.75. The SMILES string of the molecule is CC.CC(C)c1c[nH]c2ccccc12. The lowest BCUT2D eigenvalue weighted by Crippen LogP contribution is -1.82. The first-order valence-corrected chi connectivity index (χ1v) is 5.35. The van der Waals surface area contributed by atoms with E-state index in [9.17, 15) is 0 Å². The predicted octanol–water partition coefficient (Wildman–Crippen LogP) is 4.32. The van der Waals surface area contributed by atoms with Gasteiger partial charge in [0.15, 0.2) is 0 Å². The van der Waals surface area contributed by atoms with Crippen molar-refractivity contribution in [2.24, 2.45) is 0 Å². The summed E-state index contributed by atoms with van der Waals surface area (Å²) in [5.74, 6) is 0.598. The average Bonchev–Trinajstić information content (AvgIpc) is 2.64. The number of nitrogens with one attached hydrogen (secondary N) is 1. The zero-order chi connectivity index (χ0) is 10.6. The fraction of sp³-hybridized carbons (Fsp3) is 0.385. The minimum atomic E-state index is 0.598. The van der Waals surface area contributed by atoms with Crippen molar-refractivity contribution < 1.29 is 0 Å². The normalized spacial score (nSPS) is 10.1. The summed E-state index contributed by atoms with van der Waals surface area (Å²) in [6, 6.07) is 8.42. The van der Waals surface area contributed by atoms with Crippen molar-refractivity contribution in [2.45, 2.75) is 33.6 Å². The van der Waals surface area contributed by atoms with Gasteiger partial charge in [-0.3, -0.25) is 0 Å². The maximum atomic E-state index is 3.27. The number of H-pyrrole nitrogens is 1. The van der Waals surface area contributed by atoms with Crippen LogP contribution in [0.15, 0.2) is 30.5 Å². The van der Waals surface area contributed by atoms with Gasteiger partial charge < -0.3 is 4.98 Å². The molecule has 0 bridgehead atoms. The molecule has 0 unspecified atom stereocenters. The van der Waals surface area contributed by atoms with Gasteiger partial charge in [-0.1, -0.05) is 45.9 Å². The second-order valence-corrected chi connectivity index (χ2v) is 3.44. The van der Waals surface area contributed by atoms with E-state index in [0.717, 1.165) is 0 Å². The predicted molar refractivity (Wildman–Crippen MR) is 63.7 cm³/mol. The summed E-state index contributed by atoms with van der Waals surface area (Å²) in [4.78, 5) is 3.27. The summed E-state index contributed by atoms with van der Waals surface area (Å²) in [7, 11) is 0. The summed E-state index contributed by atoms with van der Waals surface area (Å²) >= 11 is 0. The zero-order valence-electron chi connectivity index (χ0n) is 9.46. The number of fused-ring (bicyclic) bond motifs is 1. The molecule has 0 fully saturated rings.